The van der Waals surface area contributed by atoms with Crippen molar-refractivity contribution in [1.82, 2.24) is 9.88 Å². The molecule has 2 heterocycles. The molecule has 5 rings (SSSR count). The van der Waals surface area contributed by atoms with Crippen LogP contribution >= 0.6 is 23.4 Å². The lowest BCUT2D eigenvalue weighted by molar-refractivity contribution is -0.115. The molecular formula is C28H21ClN2O4S. The quantitative estimate of drug-likeness (QED) is 0.233. The number of esters is 1. The minimum atomic E-state index is -0.401. The first-order valence-corrected chi connectivity index (χ1v) is 12.5. The van der Waals surface area contributed by atoms with Crippen LogP contribution in [-0.4, -0.2) is 28.3 Å². The number of carbonyl (C=O) groups excluding carboxylic acids is 3. The van der Waals surface area contributed by atoms with E-state index in [0.717, 1.165) is 44.9 Å². The van der Waals surface area contributed by atoms with Gasteiger partial charge < -0.3 is 9.30 Å². The molecular weight excluding hydrogens is 496 g/mol. The van der Waals surface area contributed by atoms with Crippen LogP contribution < -0.4 is 5.32 Å². The maximum Gasteiger partial charge on any atom is 0.355 e. The number of nitrogens with one attached hydrogen (secondary N) is 1. The molecule has 1 N–H and O–H groups in total. The minimum absolute atomic E-state index is 0.256. The number of ether oxygens (including phenoxy) is 1. The Kier molecular flexibility index (Phi) is 6.67. The van der Waals surface area contributed by atoms with Crippen LogP contribution in [0.3, 0.4) is 0 Å². The summed E-state index contributed by atoms with van der Waals surface area (Å²) in [7, 11) is 0. The Morgan fingerprint density at radius 2 is 1.75 bits per heavy atom. The van der Waals surface area contributed by atoms with Crippen molar-refractivity contribution >= 4 is 57.5 Å². The van der Waals surface area contributed by atoms with E-state index in [0.29, 0.717) is 22.2 Å². The van der Waals surface area contributed by atoms with E-state index in [1.54, 1.807) is 13.0 Å². The highest BCUT2D eigenvalue weighted by molar-refractivity contribution is 8.18. The summed E-state index contributed by atoms with van der Waals surface area (Å²) in [5, 5.41) is 3.45. The largest absolute Gasteiger partial charge is 0.461 e. The number of thioether (sulfide) groups is 1. The van der Waals surface area contributed by atoms with Crippen LogP contribution in [0.4, 0.5) is 4.79 Å². The number of aromatic nitrogens is 1. The predicted octanol–water partition coefficient (Wildman–Crippen LogP) is 6.51. The van der Waals surface area contributed by atoms with E-state index in [1.807, 2.05) is 77.4 Å². The fourth-order valence-electron chi connectivity index (χ4n) is 4.26. The molecule has 4 aromatic rings. The summed E-state index contributed by atoms with van der Waals surface area (Å²) in [5.74, 6) is -0.801. The molecule has 0 unspecified atom stereocenters. The van der Waals surface area contributed by atoms with Crippen LogP contribution in [0.25, 0.3) is 28.1 Å². The molecule has 1 fully saturated rings. The van der Waals surface area contributed by atoms with E-state index >= 15 is 0 Å². The van der Waals surface area contributed by atoms with E-state index in [4.69, 9.17) is 16.3 Å². The molecule has 1 aromatic heterocycles. The molecule has 36 heavy (non-hydrogen) atoms. The predicted molar refractivity (Wildman–Crippen MR) is 143 cm³/mol. The lowest BCUT2D eigenvalue weighted by Gasteiger charge is -2.12. The SMILES string of the molecule is CCOC(=O)c1c(-c2ccc(C=C3SC(=O)NC3=O)cc2)c2ccccc2n1Cc1ccc(Cl)cc1. The molecule has 180 valence electrons. The monoisotopic (exact) mass is 516 g/mol. The molecule has 2 amide bonds. The number of para-hydroxylation sites is 1. The van der Waals surface area contributed by atoms with Crippen LogP contribution in [-0.2, 0) is 16.1 Å². The summed E-state index contributed by atoms with van der Waals surface area (Å²) >= 11 is 6.95. The van der Waals surface area contributed by atoms with Crippen molar-refractivity contribution in [3.05, 3.63) is 99.5 Å². The Bertz CT molecular complexity index is 1520. The van der Waals surface area contributed by atoms with Gasteiger partial charge >= 0.3 is 5.97 Å². The fraction of sp³-hybridized carbons (Fsp3) is 0.107. The number of carbonyl (C=O) groups is 3. The van der Waals surface area contributed by atoms with Gasteiger partial charge in [0.2, 0.25) is 0 Å². The first kappa shape index (κ1) is 23.9. The molecule has 1 aliphatic rings. The zero-order chi connectivity index (χ0) is 25.2. The molecule has 0 bridgehead atoms. The van der Waals surface area contributed by atoms with E-state index < -0.39 is 11.9 Å². The third-order valence-electron chi connectivity index (χ3n) is 5.83. The second-order valence-corrected chi connectivity index (χ2v) is 9.60. The molecule has 6 nitrogen and oxygen atoms in total. The maximum atomic E-state index is 13.3. The summed E-state index contributed by atoms with van der Waals surface area (Å²) in [6.07, 6.45) is 1.67. The lowest BCUT2D eigenvalue weighted by Crippen LogP contribution is -2.17. The normalized spacial score (nSPS) is 14.4. The first-order chi connectivity index (χ1) is 17.4. The fourth-order valence-corrected chi connectivity index (χ4v) is 5.07. The van der Waals surface area contributed by atoms with Crippen LogP contribution in [0, 0.1) is 0 Å². The van der Waals surface area contributed by atoms with Gasteiger partial charge in [-0.25, -0.2) is 4.79 Å². The van der Waals surface area contributed by atoms with Crippen molar-refractivity contribution in [2.24, 2.45) is 0 Å². The van der Waals surface area contributed by atoms with Crippen LogP contribution in [0.5, 0.6) is 0 Å². The van der Waals surface area contributed by atoms with Crippen LogP contribution in [0.2, 0.25) is 5.02 Å². The van der Waals surface area contributed by atoms with E-state index in [9.17, 15) is 14.4 Å². The average molecular weight is 517 g/mol. The third kappa shape index (κ3) is 4.67. The molecule has 0 atom stereocenters. The Morgan fingerprint density at radius 1 is 1.03 bits per heavy atom. The van der Waals surface area contributed by atoms with Gasteiger partial charge in [-0.15, -0.1) is 0 Å². The van der Waals surface area contributed by atoms with Crippen molar-refractivity contribution in [3.8, 4) is 11.1 Å². The van der Waals surface area contributed by atoms with Gasteiger partial charge in [0.25, 0.3) is 11.1 Å². The second-order valence-electron chi connectivity index (χ2n) is 8.15. The maximum absolute atomic E-state index is 13.3. The highest BCUT2D eigenvalue weighted by Gasteiger charge is 2.26. The van der Waals surface area contributed by atoms with E-state index in [2.05, 4.69) is 5.32 Å². The van der Waals surface area contributed by atoms with Crippen molar-refractivity contribution in [2.45, 2.75) is 13.5 Å². The zero-order valence-electron chi connectivity index (χ0n) is 19.3. The Hall–Kier alpha value is -3.81. The van der Waals surface area contributed by atoms with E-state index in [1.165, 1.54) is 0 Å². The number of benzene rings is 3. The highest BCUT2D eigenvalue weighted by atomic mass is 35.5. The van der Waals surface area contributed by atoms with Crippen molar-refractivity contribution in [2.75, 3.05) is 6.61 Å². The molecule has 0 aliphatic carbocycles. The number of imide groups is 1. The van der Waals surface area contributed by atoms with Crippen LogP contribution in [0.15, 0.2) is 77.7 Å². The van der Waals surface area contributed by atoms with Gasteiger partial charge in [-0.05, 0) is 59.7 Å². The van der Waals surface area contributed by atoms with E-state index in [-0.39, 0.29) is 11.8 Å². The third-order valence-corrected chi connectivity index (χ3v) is 6.90. The van der Waals surface area contributed by atoms with Gasteiger partial charge in [0.1, 0.15) is 5.69 Å². The molecule has 1 saturated heterocycles. The van der Waals surface area contributed by atoms with Crippen LogP contribution in [0.1, 0.15) is 28.5 Å². The Labute approximate surface area is 216 Å². The first-order valence-electron chi connectivity index (χ1n) is 11.3. The van der Waals surface area contributed by atoms with Crippen molar-refractivity contribution in [3.63, 3.8) is 0 Å². The molecule has 0 radical (unpaired) electrons. The van der Waals surface area contributed by atoms with Gasteiger partial charge in [0.15, 0.2) is 0 Å². The summed E-state index contributed by atoms with van der Waals surface area (Å²) in [4.78, 5) is 37.0. The topological polar surface area (TPSA) is 77.4 Å². The van der Waals surface area contributed by atoms with Gasteiger partial charge in [0.05, 0.1) is 11.5 Å². The second kappa shape index (κ2) is 10.0. The number of amides is 2. The Balaban J connectivity index is 1.63. The summed E-state index contributed by atoms with van der Waals surface area (Å²) in [6, 6.07) is 22.9. The number of nitrogens with zero attached hydrogens (tertiary/aromatic N) is 1. The summed E-state index contributed by atoms with van der Waals surface area (Å²) in [5.41, 5.74) is 4.77. The number of hydrogen-bond donors (Lipinski definition) is 1. The van der Waals surface area contributed by atoms with Crippen molar-refractivity contribution in [1.29, 1.82) is 0 Å². The summed E-state index contributed by atoms with van der Waals surface area (Å²) < 4.78 is 7.46. The van der Waals surface area contributed by atoms with Crippen molar-refractivity contribution < 1.29 is 19.1 Å². The highest BCUT2D eigenvalue weighted by Crippen LogP contribution is 2.37. The minimum Gasteiger partial charge on any atom is -0.461 e. The number of fused-ring (bicyclic) bond motifs is 1. The number of halogens is 1. The smallest absolute Gasteiger partial charge is 0.355 e. The summed E-state index contributed by atoms with van der Waals surface area (Å²) in [6.45, 7) is 2.51. The average Bonchev–Trinajstić information content (AvgIpc) is 3.37. The number of hydrogen-bond acceptors (Lipinski definition) is 5. The molecule has 0 spiro atoms. The molecule has 1 aliphatic heterocycles. The van der Waals surface area contributed by atoms with Gasteiger partial charge in [-0.2, -0.15) is 0 Å². The van der Waals surface area contributed by atoms with Gasteiger partial charge in [-0.1, -0.05) is 66.2 Å². The molecule has 8 heteroatoms. The molecule has 0 saturated carbocycles. The number of rotatable bonds is 6. The van der Waals surface area contributed by atoms with Gasteiger partial charge in [-0.3, -0.25) is 14.9 Å². The Morgan fingerprint density at radius 3 is 2.42 bits per heavy atom. The lowest BCUT2D eigenvalue weighted by atomic mass is 10.00. The zero-order valence-corrected chi connectivity index (χ0v) is 20.9. The van der Waals surface area contributed by atoms with Gasteiger partial charge in [0, 0.05) is 28.0 Å². The standard InChI is InChI=1S/C28H21ClN2O4S/c1-2-35-27(33)25-24(19-11-7-17(8-12-19)15-23-26(32)30-28(34)36-23)21-5-3-4-6-22(21)31(25)16-18-9-13-20(29)14-10-18/h3-15H,2,16H2,1H3,(H,30,32,34). The molecule has 3 aromatic carbocycles.